The van der Waals surface area contributed by atoms with E-state index in [-0.39, 0.29) is 12.4 Å². The second kappa shape index (κ2) is 5.94. The number of carbonyl (C=O) groups is 1. The van der Waals surface area contributed by atoms with E-state index in [2.05, 4.69) is 0 Å². The highest BCUT2D eigenvalue weighted by Gasteiger charge is 2.40. The molecule has 0 bridgehead atoms. The number of benzene rings is 1. The van der Waals surface area contributed by atoms with Gasteiger partial charge in [0.1, 0.15) is 12.7 Å². The summed E-state index contributed by atoms with van der Waals surface area (Å²) in [6.07, 6.45) is -2.52. The quantitative estimate of drug-likeness (QED) is 0.682. The number of aliphatic hydroxyl groups is 3. The molecule has 3 N–H and O–H groups in total. The van der Waals surface area contributed by atoms with Crippen LogP contribution in [0.25, 0.3) is 0 Å². The van der Waals surface area contributed by atoms with E-state index < -0.39 is 30.5 Å². The van der Waals surface area contributed by atoms with E-state index in [9.17, 15) is 15.0 Å². The molecule has 0 amide bonds. The van der Waals surface area contributed by atoms with Gasteiger partial charge in [0.2, 0.25) is 5.76 Å². The maximum absolute atomic E-state index is 11.3. The fourth-order valence-electron chi connectivity index (χ4n) is 1.89. The minimum absolute atomic E-state index is 0.122. The molecule has 20 heavy (non-hydrogen) atoms. The highest BCUT2D eigenvalue weighted by molar-refractivity contribution is 5.89. The van der Waals surface area contributed by atoms with Crippen molar-refractivity contribution in [3.8, 4) is 0 Å². The van der Waals surface area contributed by atoms with Gasteiger partial charge in [-0.3, -0.25) is 0 Å². The highest BCUT2D eigenvalue weighted by atomic mass is 16.6. The molecule has 0 saturated heterocycles. The van der Waals surface area contributed by atoms with E-state index in [4.69, 9.17) is 14.6 Å². The number of aliphatic hydroxyl groups excluding tert-OH is 3. The summed E-state index contributed by atoms with van der Waals surface area (Å²) in [5, 5.41) is 28.1. The van der Waals surface area contributed by atoms with E-state index in [1.54, 1.807) is 0 Å². The van der Waals surface area contributed by atoms with Gasteiger partial charge < -0.3 is 24.8 Å². The van der Waals surface area contributed by atoms with Gasteiger partial charge in [-0.2, -0.15) is 0 Å². The smallest absolute Gasteiger partial charge is 0.378 e. The van der Waals surface area contributed by atoms with Gasteiger partial charge in [0.05, 0.1) is 6.61 Å². The Labute approximate surface area is 115 Å². The zero-order chi connectivity index (χ0) is 14.7. The maximum atomic E-state index is 11.3. The van der Waals surface area contributed by atoms with Crippen molar-refractivity contribution in [3.05, 3.63) is 46.9 Å². The van der Waals surface area contributed by atoms with Gasteiger partial charge in [-0.1, -0.05) is 24.3 Å². The van der Waals surface area contributed by atoms with Gasteiger partial charge in [0, 0.05) is 0 Å². The minimum atomic E-state index is -1.34. The molecule has 6 nitrogen and oxygen atoms in total. The molecule has 1 aromatic rings. The molecule has 1 heterocycles. The van der Waals surface area contributed by atoms with Crippen LogP contribution in [0.1, 0.15) is 11.1 Å². The Hall–Kier alpha value is -2.05. The second-order valence-electron chi connectivity index (χ2n) is 4.50. The lowest BCUT2D eigenvalue weighted by molar-refractivity contribution is -0.148. The van der Waals surface area contributed by atoms with Crippen LogP contribution < -0.4 is 0 Å². The number of hydrogen-bond acceptors (Lipinski definition) is 6. The average molecular weight is 280 g/mol. The van der Waals surface area contributed by atoms with Crippen molar-refractivity contribution in [3.63, 3.8) is 0 Å². The summed E-state index contributed by atoms with van der Waals surface area (Å²) in [7, 11) is 0. The summed E-state index contributed by atoms with van der Waals surface area (Å²) in [6.45, 7) is 1.42. The Morgan fingerprint density at radius 1 is 1.40 bits per heavy atom. The fourth-order valence-corrected chi connectivity index (χ4v) is 1.89. The van der Waals surface area contributed by atoms with Crippen molar-refractivity contribution >= 4 is 5.97 Å². The molecular formula is C14H16O6. The zero-order valence-corrected chi connectivity index (χ0v) is 10.9. The molecule has 6 heteroatoms. The van der Waals surface area contributed by atoms with Crippen LogP contribution in [0.15, 0.2) is 35.8 Å². The summed E-state index contributed by atoms with van der Waals surface area (Å²) in [5.74, 6) is -1.79. The summed E-state index contributed by atoms with van der Waals surface area (Å²) >= 11 is 0. The molecule has 0 fully saturated rings. The number of esters is 1. The maximum Gasteiger partial charge on any atom is 0.378 e. The van der Waals surface area contributed by atoms with E-state index in [1.165, 1.54) is 0 Å². The zero-order valence-electron chi connectivity index (χ0n) is 10.9. The van der Waals surface area contributed by atoms with E-state index in [0.29, 0.717) is 0 Å². The molecular weight excluding hydrogens is 264 g/mol. The van der Waals surface area contributed by atoms with Gasteiger partial charge in [0.15, 0.2) is 11.9 Å². The van der Waals surface area contributed by atoms with Crippen molar-refractivity contribution in [1.29, 1.82) is 0 Å². The summed E-state index contributed by atoms with van der Waals surface area (Å²) in [6, 6.07) is 7.48. The Balaban J connectivity index is 2.14. The van der Waals surface area contributed by atoms with E-state index in [0.717, 1.165) is 11.1 Å². The third-order valence-electron chi connectivity index (χ3n) is 3.10. The first-order valence-electron chi connectivity index (χ1n) is 6.15. The highest BCUT2D eigenvalue weighted by Crippen LogP contribution is 2.26. The molecule has 1 aliphatic heterocycles. The Kier molecular flexibility index (Phi) is 4.26. The number of cyclic esters (lactones) is 1. The van der Waals surface area contributed by atoms with Crippen LogP contribution in [-0.4, -0.2) is 40.1 Å². The van der Waals surface area contributed by atoms with Crippen molar-refractivity contribution in [2.45, 2.75) is 25.7 Å². The van der Waals surface area contributed by atoms with Gasteiger partial charge in [-0.05, 0) is 18.1 Å². The Morgan fingerprint density at radius 3 is 2.75 bits per heavy atom. The molecule has 0 unspecified atom stereocenters. The largest absolute Gasteiger partial charge is 0.499 e. The van der Waals surface area contributed by atoms with Crippen molar-refractivity contribution in [2.24, 2.45) is 0 Å². The Bertz CT molecular complexity index is 536. The molecule has 0 radical (unpaired) electrons. The number of carbonyl (C=O) groups excluding carboxylic acids is 1. The average Bonchev–Trinajstić information content (AvgIpc) is 2.73. The molecule has 1 aliphatic rings. The minimum Gasteiger partial charge on any atom is -0.499 e. The van der Waals surface area contributed by atoms with Crippen LogP contribution in [0.5, 0.6) is 0 Å². The third-order valence-corrected chi connectivity index (χ3v) is 3.10. The van der Waals surface area contributed by atoms with Gasteiger partial charge in [0.25, 0.3) is 0 Å². The molecule has 0 aromatic heterocycles. The molecule has 2 atom stereocenters. The molecule has 0 spiro atoms. The van der Waals surface area contributed by atoms with Crippen LogP contribution >= 0.6 is 0 Å². The van der Waals surface area contributed by atoms with E-state index >= 15 is 0 Å². The lowest BCUT2D eigenvalue weighted by atomic mass is 10.1. The van der Waals surface area contributed by atoms with Gasteiger partial charge >= 0.3 is 5.97 Å². The van der Waals surface area contributed by atoms with E-state index in [1.807, 2.05) is 31.2 Å². The summed E-state index contributed by atoms with van der Waals surface area (Å²) in [4.78, 5) is 11.3. The SMILES string of the molecule is Cc1ccccc1COC1=C(O)C(=O)O[C@@H]1[C@@H](O)CO. The molecule has 1 aromatic carbocycles. The first-order chi connectivity index (χ1) is 9.54. The second-order valence-corrected chi connectivity index (χ2v) is 4.50. The standard InChI is InChI=1S/C14H16O6/c1-8-4-2-3-5-9(8)7-19-13-11(17)14(18)20-12(13)10(16)6-15/h2-5,10,12,15-17H,6-7H2,1H3/t10-,12+/m0/s1. The van der Waals surface area contributed by atoms with Crippen LogP contribution in [0.3, 0.4) is 0 Å². The number of rotatable bonds is 5. The van der Waals surface area contributed by atoms with Gasteiger partial charge in [-0.15, -0.1) is 0 Å². The molecule has 0 saturated carbocycles. The predicted octanol–water partition coefficient (Wildman–Crippen LogP) is 0.560. The third kappa shape index (κ3) is 2.76. The summed E-state index contributed by atoms with van der Waals surface area (Å²) in [5.41, 5.74) is 1.88. The van der Waals surface area contributed by atoms with Crippen LogP contribution in [0.2, 0.25) is 0 Å². The lowest BCUT2D eigenvalue weighted by Gasteiger charge is -2.18. The van der Waals surface area contributed by atoms with Crippen LogP contribution in [0, 0.1) is 6.92 Å². The monoisotopic (exact) mass is 280 g/mol. The molecule has 108 valence electrons. The van der Waals surface area contributed by atoms with Crippen molar-refractivity contribution in [2.75, 3.05) is 6.61 Å². The Morgan fingerprint density at radius 2 is 2.10 bits per heavy atom. The molecule has 2 rings (SSSR count). The first kappa shape index (κ1) is 14.4. The fraction of sp³-hybridized carbons (Fsp3) is 0.357. The van der Waals surface area contributed by atoms with Crippen molar-refractivity contribution < 1.29 is 29.6 Å². The van der Waals surface area contributed by atoms with Gasteiger partial charge in [-0.25, -0.2) is 4.79 Å². The predicted molar refractivity (Wildman–Crippen MR) is 68.6 cm³/mol. The van der Waals surface area contributed by atoms with Crippen LogP contribution in [0.4, 0.5) is 0 Å². The van der Waals surface area contributed by atoms with Crippen LogP contribution in [-0.2, 0) is 20.9 Å². The number of hydrogen-bond donors (Lipinski definition) is 3. The first-order valence-corrected chi connectivity index (χ1v) is 6.15. The lowest BCUT2D eigenvalue weighted by Crippen LogP contribution is -2.32. The topological polar surface area (TPSA) is 96.2 Å². The number of aryl methyl sites for hydroxylation is 1. The summed E-state index contributed by atoms with van der Waals surface area (Å²) < 4.78 is 10.2. The number of ether oxygens (including phenoxy) is 2. The van der Waals surface area contributed by atoms with Crippen molar-refractivity contribution in [1.82, 2.24) is 0 Å². The molecule has 0 aliphatic carbocycles. The normalized spacial score (nSPS) is 19.9.